The molecule has 3 heteroatoms. The topological polar surface area (TPSA) is 29.5 Å². The summed E-state index contributed by atoms with van der Waals surface area (Å²) in [5.74, 6) is -0.264. The van der Waals surface area contributed by atoms with Crippen molar-refractivity contribution in [3.63, 3.8) is 0 Å². The molecule has 0 amide bonds. The zero-order valence-electron chi connectivity index (χ0n) is 10.3. The Labute approximate surface area is 93.1 Å². The molecule has 0 aromatic carbocycles. The summed E-state index contributed by atoms with van der Waals surface area (Å²) in [5.41, 5.74) is 0. The highest BCUT2D eigenvalue weighted by molar-refractivity contribution is 5.81. The van der Waals surface area contributed by atoms with E-state index >= 15 is 0 Å². The molecule has 0 bridgehead atoms. The van der Waals surface area contributed by atoms with Gasteiger partial charge in [-0.2, -0.15) is 0 Å². The first-order valence-corrected chi connectivity index (χ1v) is 5.69. The minimum Gasteiger partial charge on any atom is -0.446 e. The van der Waals surface area contributed by atoms with Gasteiger partial charge in [0.05, 0.1) is 0 Å². The van der Waals surface area contributed by atoms with Crippen LogP contribution >= 0.6 is 0 Å². The molecule has 0 aliphatic heterocycles. The van der Waals surface area contributed by atoms with E-state index in [-0.39, 0.29) is 5.97 Å². The molecule has 0 spiro atoms. The first kappa shape index (κ1) is 14.2. The SMILES string of the molecule is C/C=C/C(=O)OCN(CC)C(C)CCC. The second kappa shape index (κ2) is 8.48. The smallest absolute Gasteiger partial charge is 0.331 e. The van der Waals surface area contributed by atoms with Crippen LogP contribution in [0.2, 0.25) is 0 Å². The third-order valence-electron chi connectivity index (χ3n) is 2.41. The lowest BCUT2D eigenvalue weighted by Crippen LogP contribution is -2.35. The van der Waals surface area contributed by atoms with Crippen molar-refractivity contribution in [1.29, 1.82) is 0 Å². The second-order valence-corrected chi connectivity index (χ2v) is 3.64. The number of hydrogen-bond acceptors (Lipinski definition) is 3. The Balaban J connectivity index is 3.93. The summed E-state index contributed by atoms with van der Waals surface area (Å²) in [6, 6.07) is 0.471. The fourth-order valence-corrected chi connectivity index (χ4v) is 1.46. The van der Waals surface area contributed by atoms with E-state index in [1.54, 1.807) is 13.0 Å². The lowest BCUT2D eigenvalue weighted by atomic mass is 10.2. The number of hydrogen-bond donors (Lipinski definition) is 0. The Morgan fingerprint density at radius 3 is 2.60 bits per heavy atom. The summed E-state index contributed by atoms with van der Waals surface area (Å²) in [6.07, 6.45) is 5.42. The molecule has 3 nitrogen and oxygen atoms in total. The molecule has 0 N–H and O–H groups in total. The van der Waals surface area contributed by atoms with Crippen molar-refractivity contribution in [3.05, 3.63) is 12.2 Å². The fraction of sp³-hybridized carbons (Fsp3) is 0.750. The second-order valence-electron chi connectivity index (χ2n) is 3.64. The van der Waals surface area contributed by atoms with Crippen molar-refractivity contribution in [1.82, 2.24) is 4.90 Å². The highest BCUT2D eigenvalue weighted by atomic mass is 16.5. The van der Waals surface area contributed by atoms with Crippen molar-refractivity contribution in [2.24, 2.45) is 0 Å². The molecule has 0 heterocycles. The van der Waals surface area contributed by atoms with Crippen LogP contribution < -0.4 is 0 Å². The highest BCUT2D eigenvalue weighted by Gasteiger charge is 2.11. The van der Waals surface area contributed by atoms with Crippen LogP contribution in [0.25, 0.3) is 0 Å². The maximum Gasteiger partial charge on any atom is 0.331 e. The third-order valence-corrected chi connectivity index (χ3v) is 2.41. The van der Waals surface area contributed by atoms with E-state index in [0.717, 1.165) is 19.4 Å². The molecule has 0 aliphatic rings. The molecular formula is C12H23NO2. The Morgan fingerprint density at radius 1 is 1.47 bits per heavy atom. The van der Waals surface area contributed by atoms with Gasteiger partial charge in [0.15, 0.2) is 0 Å². The van der Waals surface area contributed by atoms with E-state index in [2.05, 4.69) is 25.7 Å². The van der Waals surface area contributed by atoms with Gasteiger partial charge in [0.25, 0.3) is 0 Å². The van der Waals surface area contributed by atoms with Gasteiger partial charge in [-0.15, -0.1) is 0 Å². The average molecular weight is 213 g/mol. The number of carbonyl (C=O) groups is 1. The maximum atomic E-state index is 11.1. The van der Waals surface area contributed by atoms with E-state index in [1.165, 1.54) is 6.08 Å². The molecule has 88 valence electrons. The molecule has 0 aliphatic carbocycles. The predicted molar refractivity (Wildman–Crippen MR) is 62.5 cm³/mol. The molecule has 1 atom stereocenters. The first-order chi connectivity index (χ1) is 7.15. The van der Waals surface area contributed by atoms with Gasteiger partial charge in [-0.3, -0.25) is 4.90 Å². The zero-order chi connectivity index (χ0) is 11.7. The van der Waals surface area contributed by atoms with Gasteiger partial charge in [0.1, 0.15) is 6.73 Å². The molecule has 0 saturated carbocycles. The van der Waals surface area contributed by atoms with Crippen LogP contribution in [0, 0.1) is 0 Å². The summed E-state index contributed by atoms with van der Waals surface area (Å²) in [7, 11) is 0. The maximum absolute atomic E-state index is 11.1. The molecule has 15 heavy (non-hydrogen) atoms. The van der Waals surface area contributed by atoms with Crippen molar-refractivity contribution < 1.29 is 9.53 Å². The summed E-state index contributed by atoms with van der Waals surface area (Å²) >= 11 is 0. The Bertz CT molecular complexity index is 202. The van der Waals surface area contributed by atoms with Crippen LogP contribution in [0.4, 0.5) is 0 Å². The fourth-order valence-electron chi connectivity index (χ4n) is 1.46. The number of carbonyl (C=O) groups excluding carboxylic acids is 1. The summed E-state index contributed by atoms with van der Waals surface area (Å²) in [4.78, 5) is 13.3. The highest BCUT2D eigenvalue weighted by Crippen LogP contribution is 2.05. The molecule has 0 radical (unpaired) electrons. The summed E-state index contributed by atoms with van der Waals surface area (Å²) in [5, 5.41) is 0. The molecule has 0 aromatic heterocycles. The third kappa shape index (κ3) is 6.28. The Hall–Kier alpha value is -0.830. The number of ether oxygens (including phenoxy) is 1. The number of rotatable bonds is 7. The molecule has 1 unspecified atom stereocenters. The van der Waals surface area contributed by atoms with Gasteiger partial charge in [0.2, 0.25) is 0 Å². The summed E-state index contributed by atoms with van der Waals surface area (Å²) in [6.45, 7) is 9.51. The Morgan fingerprint density at radius 2 is 2.13 bits per heavy atom. The van der Waals surface area contributed by atoms with Crippen molar-refractivity contribution >= 4 is 5.97 Å². The number of nitrogens with zero attached hydrogens (tertiary/aromatic N) is 1. The van der Waals surface area contributed by atoms with Crippen LogP contribution in [-0.2, 0) is 9.53 Å². The van der Waals surface area contributed by atoms with Crippen LogP contribution in [0.3, 0.4) is 0 Å². The van der Waals surface area contributed by atoms with E-state index in [1.807, 2.05) is 0 Å². The van der Waals surface area contributed by atoms with Gasteiger partial charge in [-0.25, -0.2) is 4.79 Å². The lowest BCUT2D eigenvalue weighted by molar-refractivity contribution is -0.143. The summed E-state index contributed by atoms with van der Waals surface area (Å²) < 4.78 is 5.10. The predicted octanol–water partition coefficient (Wildman–Crippen LogP) is 2.57. The molecule has 0 rings (SSSR count). The standard InChI is InChI=1S/C12H23NO2/c1-5-8-11(4)13(7-3)10-15-12(14)9-6-2/h6,9,11H,5,7-8,10H2,1-4H3/b9-6+. The van der Waals surface area contributed by atoms with Gasteiger partial charge >= 0.3 is 5.97 Å². The minimum atomic E-state index is -0.264. The number of allylic oxidation sites excluding steroid dienone is 1. The lowest BCUT2D eigenvalue weighted by Gasteiger charge is -2.26. The molecule has 0 saturated heterocycles. The van der Waals surface area contributed by atoms with Gasteiger partial charge in [-0.1, -0.05) is 26.3 Å². The molecule has 0 aromatic rings. The monoisotopic (exact) mass is 213 g/mol. The van der Waals surface area contributed by atoms with Crippen molar-refractivity contribution in [3.8, 4) is 0 Å². The van der Waals surface area contributed by atoms with Crippen LogP contribution in [-0.4, -0.2) is 30.2 Å². The van der Waals surface area contributed by atoms with Crippen LogP contribution in [0.1, 0.15) is 40.5 Å². The van der Waals surface area contributed by atoms with E-state index in [0.29, 0.717) is 12.8 Å². The Kier molecular flexibility index (Phi) is 8.01. The normalized spacial score (nSPS) is 13.4. The van der Waals surface area contributed by atoms with E-state index in [4.69, 9.17) is 4.74 Å². The van der Waals surface area contributed by atoms with Gasteiger partial charge < -0.3 is 4.74 Å². The first-order valence-electron chi connectivity index (χ1n) is 5.69. The van der Waals surface area contributed by atoms with Crippen LogP contribution in [0.15, 0.2) is 12.2 Å². The van der Waals surface area contributed by atoms with Crippen molar-refractivity contribution in [2.75, 3.05) is 13.3 Å². The van der Waals surface area contributed by atoms with Gasteiger partial charge in [-0.05, 0) is 26.8 Å². The largest absolute Gasteiger partial charge is 0.446 e. The minimum absolute atomic E-state index is 0.264. The van der Waals surface area contributed by atoms with Crippen molar-refractivity contribution in [2.45, 2.75) is 46.6 Å². The molecular weight excluding hydrogens is 190 g/mol. The zero-order valence-corrected chi connectivity index (χ0v) is 10.3. The van der Waals surface area contributed by atoms with Gasteiger partial charge in [0, 0.05) is 12.1 Å². The van der Waals surface area contributed by atoms with Crippen LogP contribution in [0.5, 0.6) is 0 Å². The average Bonchev–Trinajstić information content (AvgIpc) is 2.19. The molecule has 0 fully saturated rings. The van der Waals surface area contributed by atoms with E-state index in [9.17, 15) is 4.79 Å². The van der Waals surface area contributed by atoms with E-state index < -0.39 is 0 Å². The quantitative estimate of drug-likeness (QED) is 0.370. The number of esters is 1.